The van der Waals surface area contributed by atoms with E-state index >= 15 is 0 Å². The number of hydrogen-bond donors (Lipinski definition) is 0. The second-order valence-corrected chi connectivity index (χ2v) is 11.0. The van der Waals surface area contributed by atoms with Crippen molar-refractivity contribution in [2.24, 2.45) is 0 Å². The van der Waals surface area contributed by atoms with Crippen molar-refractivity contribution in [2.75, 3.05) is 6.26 Å². The summed E-state index contributed by atoms with van der Waals surface area (Å²) in [6, 6.07) is 29.6. The summed E-state index contributed by atoms with van der Waals surface area (Å²) in [5.74, 6) is 0. The van der Waals surface area contributed by atoms with Crippen LogP contribution < -0.4 is 0 Å². The van der Waals surface area contributed by atoms with Gasteiger partial charge in [0.05, 0.1) is 0 Å². The van der Waals surface area contributed by atoms with Crippen LogP contribution in [0.25, 0.3) is 33.4 Å². The van der Waals surface area contributed by atoms with E-state index in [1.165, 1.54) is 60.5 Å². The molecular weight excluding hydrogens is 404 g/mol. The summed E-state index contributed by atoms with van der Waals surface area (Å²) in [6.07, 6.45) is 2.16. The van der Waals surface area contributed by atoms with Crippen LogP contribution in [0.15, 0.2) is 83.8 Å². The Morgan fingerprint density at radius 1 is 0.531 bits per heavy atom. The highest BCUT2D eigenvalue weighted by Gasteiger charge is 2.45. The zero-order valence-electron chi connectivity index (χ0n) is 19.4. The Morgan fingerprint density at radius 2 is 1.06 bits per heavy atom. The minimum absolute atomic E-state index is 0.00482. The molecule has 0 radical (unpaired) electrons. The summed E-state index contributed by atoms with van der Waals surface area (Å²) in [4.78, 5) is 1.33. The van der Waals surface area contributed by atoms with Gasteiger partial charge in [0.1, 0.15) is 0 Å². The maximum absolute atomic E-state index is 2.45. The van der Waals surface area contributed by atoms with Crippen molar-refractivity contribution in [3.8, 4) is 33.4 Å². The average Bonchev–Trinajstić information content (AvgIpc) is 3.18. The first-order chi connectivity index (χ1) is 15.4. The van der Waals surface area contributed by atoms with Gasteiger partial charge in [0.2, 0.25) is 0 Å². The monoisotopic (exact) mass is 432 g/mol. The van der Waals surface area contributed by atoms with Crippen molar-refractivity contribution < 1.29 is 0 Å². The van der Waals surface area contributed by atoms with Gasteiger partial charge in [-0.25, -0.2) is 0 Å². The maximum atomic E-state index is 2.45. The van der Waals surface area contributed by atoms with Crippen molar-refractivity contribution in [3.05, 3.63) is 101 Å². The standard InChI is InChI=1S/C31H28S/c1-30(2)25-12-8-6-11-21(25)23-16-17-24-22-15-14-19(20-10-7-9-13-27(20)32-5)18-26(22)31(3,4)29(24)28(23)30/h6-18H,1-5H3. The fourth-order valence-corrected chi connectivity index (χ4v) is 6.85. The Labute approximate surface area is 195 Å². The van der Waals surface area contributed by atoms with Gasteiger partial charge < -0.3 is 0 Å². The van der Waals surface area contributed by atoms with Gasteiger partial charge in [0, 0.05) is 15.7 Å². The molecule has 0 heterocycles. The lowest BCUT2D eigenvalue weighted by molar-refractivity contribution is 0.601. The molecule has 0 aliphatic heterocycles. The Balaban J connectivity index is 1.59. The van der Waals surface area contributed by atoms with Crippen LogP contribution in [-0.4, -0.2) is 6.26 Å². The van der Waals surface area contributed by atoms with Crippen molar-refractivity contribution >= 4 is 11.8 Å². The third kappa shape index (κ3) is 2.46. The van der Waals surface area contributed by atoms with Gasteiger partial charge in [-0.2, -0.15) is 0 Å². The lowest BCUT2D eigenvalue weighted by Crippen LogP contribution is -2.24. The predicted octanol–water partition coefficient (Wildman–Crippen LogP) is 8.69. The number of fused-ring (bicyclic) bond motifs is 7. The van der Waals surface area contributed by atoms with E-state index in [-0.39, 0.29) is 10.8 Å². The van der Waals surface area contributed by atoms with Gasteiger partial charge in [-0.1, -0.05) is 94.4 Å². The third-order valence-electron chi connectivity index (χ3n) is 7.75. The molecule has 0 saturated carbocycles. The topological polar surface area (TPSA) is 0 Å². The van der Waals surface area contributed by atoms with Crippen molar-refractivity contribution in [2.45, 2.75) is 43.4 Å². The van der Waals surface area contributed by atoms with Gasteiger partial charge in [-0.3, -0.25) is 0 Å². The van der Waals surface area contributed by atoms with Crippen molar-refractivity contribution in [3.63, 3.8) is 0 Å². The summed E-state index contributed by atoms with van der Waals surface area (Å²) < 4.78 is 0. The number of rotatable bonds is 2. The Morgan fingerprint density at radius 3 is 1.75 bits per heavy atom. The third-order valence-corrected chi connectivity index (χ3v) is 8.54. The minimum atomic E-state index is -0.0420. The normalized spacial score (nSPS) is 16.3. The molecule has 0 aromatic heterocycles. The molecule has 0 atom stereocenters. The molecule has 0 fully saturated rings. The van der Waals surface area contributed by atoms with Gasteiger partial charge >= 0.3 is 0 Å². The van der Waals surface area contributed by atoms with Crippen LogP contribution in [0.5, 0.6) is 0 Å². The van der Waals surface area contributed by atoms with Crippen LogP contribution in [0.2, 0.25) is 0 Å². The fourth-order valence-electron chi connectivity index (χ4n) is 6.23. The molecule has 0 saturated heterocycles. The first-order valence-corrected chi connectivity index (χ1v) is 12.6. The van der Waals surface area contributed by atoms with Gasteiger partial charge in [-0.05, 0) is 74.0 Å². The smallest absolute Gasteiger partial charge is 0.0162 e. The van der Waals surface area contributed by atoms with E-state index < -0.39 is 0 Å². The summed E-state index contributed by atoms with van der Waals surface area (Å²) >= 11 is 1.82. The first kappa shape index (κ1) is 19.9. The summed E-state index contributed by atoms with van der Waals surface area (Å²) in [5, 5.41) is 0. The second-order valence-electron chi connectivity index (χ2n) is 10.2. The van der Waals surface area contributed by atoms with E-state index in [0.717, 1.165) is 0 Å². The van der Waals surface area contributed by atoms with Crippen LogP contribution in [0.1, 0.15) is 49.9 Å². The van der Waals surface area contributed by atoms with Crippen molar-refractivity contribution in [1.82, 2.24) is 0 Å². The quantitative estimate of drug-likeness (QED) is 0.285. The molecule has 4 aromatic rings. The molecule has 0 bridgehead atoms. The largest absolute Gasteiger partial charge is 0.129 e. The van der Waals surface area contributed by atoms with Crippen molar-refractivity contribution in [1.29, 1.82) is 0 Å². The molecule has 4 aromatic carbocycles. The Kier molecular flexibility index (Phi) is 4.11. The van der Waals surface area contributed by atoms with Gasteiger partial charge in [0.15, 0.2) is 0 Å². The summed E-state index contributed by atoms with van der Waals surface area (Å²) in [5.41, 5.74) is 14.1. The molecule has 32 heavy (non-hydrogen) atoms. The molecule has 2 aliphatic rings. The van der Waals surface area contributed by atoms with E-state index in [0.29, 0.717) is 0 Å². The Hall–Kier alpha value is -2.77. The number of benzene rings is 4. The van der Waals surface area contributed by atoms with E-state index in [9.17, 15) is 0 Å². The Bertz CT molecular complexity index is 1400. The second kappa shape index (κ2) is 6.62. The molecular formula is C31H28S. The highest BCUT2D eigenvalue weighted by Crippen LogP contribution is 2.59. The summed E-state index contributed by atoms with van der Waals surface area (Å²) in [6.45, 7) is 9.64. The fraction of sp³-hybridized carbons (Fsp3) is 0.226. The molecule has 6 rings (SSSR count). The van der Waals surface area contributed by atoms with Crippen LogP contribution in [-0.2, 0) is 10.8 Å². The molecule has 0 nitrogen and oxygen atoms in total. The molecule has 158 valence electrons. The van der Waals surface area contributed by atoms with Gasteiger partial charge in [0.25, 0.3) is 0 Å². The van der Waals surface area contributed by atoms with E-state index in [4.69, 9.17) is 0 Å². The lowest BCUT2D eigenvalue weighted by Gasteiger charge is -2.30. The zero-order valence-corrected chi connectivity index (χ0v) is 20.2. The molecule has 0 amide bonds. The van der Waals surface area contributed by atoms with E-state index in [1.54, 1.807) is 0 Å². The molecule has 0 N–H and O–H groups in total. The predicted molar refractivity (Wildman–Crippen MR) is 139 cm³/mol. The van der Waals surface area contributed by atoms with E-state index in [2.05, 4.69) is 113 Å². The number of thioether (sulfide) groups is 1. The van der Waals surface area contributed by atoms with Crippen LogP contribution >= 0.6 is 11.8 Å². The highest BCUT2D eigenvalue weighted by atomic mass is 32.2. The molecule has 0 unspecified atom stereocenters. The highest BCUT2D eigenvalue weighted by molar-refractivity contribution is 7.98. The van der Waals surface area contributed by atoms with Crippen LogP contribution in [0.3, 0.4) is 0 Å². The number of hydrogen-bond acceptors (Lipinski definition) is 1. The summed E-state index contributed by atoms with van der Waals surface area (Å²) in [7, 11) is 0. The first-order valence-electron chi connectivity index (χ1n) is 11.4. The lowest BCUT2D eigenvalue weighted by atomic mass is 9.72. The average molecular weight is 433 g/mol. The van der Waals surface area contributed by atoms with Gasteiger partial charge in [-0.15, -0.1) is 11.8 Å². The molecule has 2 aliphatic carbocycles. The molecule has 0 spiro atoms. The maximum Gasteiger partial charge on any atom is 0.0162 e. The van der Waals surface area contributed by atoms with Crippen LogP contribution in [0, 0.1) is 0 Å². The molecule has 1 heteroatoms. The van der Waals surface area contributed by atoms with Crippen LogP contribution in [0.4, 0.5) is 0 Å². The van der Waals surface area contributed by atoms with E-state index in [1.807, 2.05) is 11.8 Å². The minimum Gasteiger partial charge on any atom is -0.129 e. The zero-order chi connectivity index (χ0) is 22.3. The SMILES string of the molecule is CSc1ccccc1-c1ccc2c(c1)C(C)(C)c1c-2ccc2c1C(C)(C)c1ccccc1-2.